The maximum absolute atomic E-state index is 13.0. The normalized spacial score (nSPS) is 24.6. The first kappa shape index (κ1) is 16.4. The van der Waals surface area contributed by atoms with Crippen LogP contribution in [0.25, 0.3) is 0 Å². The number of carbonyl (C=O) groups is 1. The maximum Gasteiger partial charge on any atom is 0.230 e. The van der Waals surface area contributed by atoms with Gasteiger partial charge >= 0.3 is 0 Å². The molecular formula is C16H26N4O3. The van der Waals surface area contributed by atoms with E-state index in [1.165, 1.54) is 0 Å². The van der Waals surface area contributed by atoms with Crippen LogP contribution in [0.2, 0.25) is 0 Å². The minimum atomic E-state index is -0.456. The van der Waals surface area contributed by atoms with E-state index in [2.05, 4.69) is 5.10 Å². The van der Waals surface area contributed by atoms with Crippen LogP contribution in [-0.2, 0) is 20.8 Å². The van der Waals surface area contributed by atoms with Gasteiger partial charge in [-0.2, -0.15) is 5.10 Å². The zero-order chi connectivity index (χ0) is 16.3. The molecule has 3 heterocycles. The molecule has 2 fully saturated rings. The Morgan fingerprint density at radius 3 is 2.87 bits per heavy atom. The van der Waals surface area contributed by atoms with Crippen LogP contribution in [-0.4, -0.2) is 66.1 Å². The molecule has 2 N–H and O–H groups in total. The van der Waals surface area contributed by atoms with E-state index in [1.54, 1.807) is 0 Å². The highest BCUT2D eigenvalue weighted by molar-refractivity contribution is 5.83. The molecule has 1 aromatic heterocycles. The highest BCUT2D eigenvalue weighted by atomic mass is 16.5. The van der Waals surface area contributed by atoms with E-state index in [9.17, 15) is 4.79 Å². The van der Waals surface area contributed by atoms with Crippen LogP contribution in [0.3, 0.4) is 0 Å². The third-order valence-corrected chi connectivity index (χ3v) is 4.87. The Labute approximate surface area is 136 Å². The van der Waals surface area contributed by atoms with Crippen LogP contribution in [0.5, 0.6) is 0 Å². The van der Waals surface area contributed by atoms with Crippen molar-refractivity contribution in [3.8, 4) is 0 Å². The largest absolute Gasteiger partial charge is 0.381 e. The van der Waals surface area contributed by atoms with Gasteiger partial charge in [0.1, 0.15) is 0 Å². The molecule has 0 aliphatic carbocycles. The number of ether oxygens (including phenoxy) is 2. The lowest BCUT2D eigenvalue weighted by Crippen LogP contribution is -2.55. The summed E-state index contributed by atoms with van der Waals surface area (Å²) in [4.78, 5) is 14.9. The number of nitrogens with zero attached hydrogens (tertiary/aromatic N) is 3. The number of aryl methyl sites for hydroxylation is 1. The van der Waals surface area contributed by atoms with Crippen molar-refractivity contribution < 1.29 is 14.3 Å². The summed E-state index contributed by atoms with van der Waals surface area (Å²) >= 11 is 0. The number of morpholine rings is 1. The molecule has 1 unspecified atom stereocenters. The SMILES string of the molecule is Cc1cnn(CC2CN(C(=O)C3(CN)CCOCC3)CCO2)c1. The summed E-state index contributed by atoms with van der Waals surface area (Å²) in [5.41, 5.74) is 6.63. The Hall–Kier alpha value is -1.44. The second-order valence-electron chi connectivity index (χ2n) is 6.58. The van der Waals surface area contributed by atoms with E-state index in [0.717, 1.165) is 5.56 Å². The fourth-order valence-electron chi connectivity index (χ4n) is 3.39. The van der Waals surface area contributed by atoms with Gasteiger partial charge in [-0.3, -0.25) is 9.48 Å². The summed E-state index contributed by atoms with van der Waals surface area (Å²) in [5, 5.41) is 4.30. The zero-order valence-corrected chi connectivity index (χ0v) is 13.7. The highest BCUT2D eigenvalue weighted by Crippen LogP contribution is 2.32. The van der Waals surface area contributed by atoms with Crippen molar-refractivity contribution in [2.24, 2.45) is 11.1 Å². The predicted octanol–water partition coefficient (Wildman–Crippen LogP) is 0.174. The van der Waals surface area contributed by atoms with E-state index in [-0.39, 0.29) is 12.0 Å². The van der Waals surface area contributed by atoms with Crippen LogP contribution >= 0.6 is 0 Å². The minimum absolute atomic E-state index is 0.0262. The standard InChI is InChI=1S/C16H26N4O3/c1-13-8-18-20(9-13)11-14-10-19(4-7-23-14)15(21)16(12-17)2-5-22-6-3-16/h8-9,14H,2-7,10-12,17H2,1H3. The van der Waals surface area contributed by atoms with Crippen molar-refractivity contribution >= 4 is 5.91 Å². The summed E-state index contributed by atoms with van der Waals surface area (Å²) in [6, 6.07) is 0. The molecule has 1 amide bonds. The monoisotopic (exact) mass is 322 g/mol. The van der Waals surface area contributed by atoms with Crippen LogP contribution in [0.4, 0.5) is 0 Å². The van der Waals surface area contributed by atoms with Crippen molar-refractivity contribution in [2.45, 2.75) is 32.4 Å². The Kier molecular flexibility index (Phi) is 4.99. The molecule has 0 saturated carbocycles. The Morgan fingerprint density at radius 1 is 1.43 bits per heavy atom. The number of nitrogens with two attached hydrogens (primary N) is 1. The number of aromatic nitrogens is 2. The average Bonchev–Trinajstić information content (AvgIpc) is 3.00. The number of hydrogen-bond donors (Lipinski definition) is 1. The molecule has 0 radical (unpaired) electrons. The average molecular weight is 322 g/mol. The van der Waals surface area contributed by atoms with Gasteiger partial charge in [0.05, 0.1) is 30.9 Å². The van der Waals surface area contributed by atoms with Gasteiger partial charge in [-0.25, -0.2) is 0 Å². The molecule has 0 bridgehead atoms. The minimum Gasteiger partial charge on any atom is -0.381 e. The van der Waals surface area contributed by atoms with Gasteiger partial charge in [0.25, 0.3) is 0 Å². The maximum atomic E-state index is 13.0. The van der Waals surface area contributed by atoms with Crippen molar-refractivity contribution in [3.63, 3.8) is 0 Å². The lowest BCUT2D eigenvalue weighted by atomic mass is 9.78. The number of amides is 1. The molecule has 0 spiro atoms. The van der Waals surface area contributed by atoms with Gasteiger partial charge in [-0.1, -0.05) is 0 Å². The number of rotatable bonds is 4. The molecule has 0 aromatic carbocycles. The van der Waals surface area contributed by atoms with Crippen molar-refractivity contribution in [1.82, 2.24) is 14.7 Å². The lowest BCUT2D eigenvalue weighted by Gasteiger charge is -2.41. The molecule has 2 saturated heterocycles. The fourth-order valence-corrected chi connectivity index (χ4v) is 3.39. The first-order valence-corrected chi connectivity index (χ1v) is 8.31. The van der Waals surface area contributed by atoms with Crippen LogP contribution in [0.15, 0.2) is 12.4 Å². The van der Waals surface area contributed by atoms with Crippen molar-refractivity contribution in [2.75, 3.05) is 39.5 Å². The molecule has 1 aromatic rings. The smallest absolute Gasteiger partial charge is 0.230 e. The molecular weight excluding hydrogens is 296 g/mol. The van der Waals surface area contributed by atoms with E-state index < -0.39 is 5.41 Å². The second-order valence-corrected chi connectivity index (χ2v) is 6.58. The van der Waals surface area contributed by atoms with Gasteiger partial charge in [0, 0.05) is 39.0 Å². The van der Waals surface area contributed by atoms with E-state index >= 15 is 0 Å². The second kappa shape index (κ2) is 6.98. The Bertz CT molecular complexity index is 539. The topological polar surface area (TPSA) is 82.6 Å². The summed E-state index contributed by atoms with van der Waals surface area (Å²) in [7, 11) is 0. The first-order chi connectivity index (χ1) is 11.1. The molecule has 2 aliphatic rings. The van der Waals surface area contributed by atoms with Gasteiger partial charge in [-0.15, -0.1) is 0 Å². The summed E-state index contributed by atoms with van der Waals surface area (Å²) in [5.74, 6) is 0.160. The lowest BCUT2D eigenvalue weighted by molar-refractivity contribution is -0.155. The molecule has 23 heavy (non-hydrogen) atoms. The summed E-state index contributed by atoms with van der Waals surface area (Å²) in [6.07, 6.45) is 5.22. The van der Waals surface area contributed by atoms with Gasteiger partial charge < -0.3 is 20.1 Å². The molecule has 1 atom stereocenters. The molecule has 7 nitrogen and oxygen atoms in total. The number of hydrogen-bond acceptors (Lipinski definition) is 5. The summed E-state index contributed by atoms with van der Waals surface area (Å²) < 4.78 is 13.1. The first-order valence-electron chi connectivity index (χ1n) is 8.31. The summed E-state index contributed by atoms with van der Waals surface area (Å²) in [6.45, 7) is 6.08. The molecule has 3 rings (SSSR count). The van der Waals surface area contributed by atoms with E-state index in [4.69, 9.17) is 15.2 Å². The molecule has 128 valence electrons. The van der Waals surface area contributed by atoms with E-state index in [1.807, 2.05) is 28.9 Å². The predicted molar refractivity (Wildman–Crippen MR) is 84.8 cm³/mol. The quantitative estimate of drug-likeness (QED) is 0.855. The van der Waals surface area contributed by atoms with Crippen LogP contribution in [0, 0.1) is 12.3 Å². The van der Waals surface area contributed by atoms with E-state index in [0.29, 0.717) is 58.8 Å². The Morgan fingerprint density at radius 2 is 2.22 bits per heavy atom. The zero-order valence-electron chi connectivity index (χ0n) is 13.7. The number of carbonyl (C=O) groups excluding carboxylic acids is 1. The van der Waals surface area contributed by atoms with Crippen molar-refractivity contribution in [1.29, 1.82) is 0 Å². The van der Waals surface area contributed by atoms with Gasteiger partial charge in [0.15, 0.2) is 0 Å². The van der Waals surface area contributed by atoms with Crippen LogP contribution < -0.4 is 5.73 Å². The van der Waals surface area contributed by atoms with Gasteiger partial charge in [0.2, 0.25) is 5.91 Å². The fraction of sp³-hybridized carbons (Fsp3) is 0.750. The third-order valence-electron chi connectivity index (χ3n) is 4.87. The molecule has 7 heteroatoms. The van der Waals surface area contributed by atoms with Gasteiger partial charge in [-0.05, 0) is 25.3 Å². The van der Waals surface area contributed by atoms with Crippen molar-refractivity contribution in [3.05, 3.63) is 18.0 Å². The van der Waals surface area contributed by atoms with Crippen LogP contribution in [0.1, 0.15) is 18.4 Å². The third kappa shape index (κ3) is 3.57. The Balaban J connectivity index is 1.64. The molecule has 2 aliphatic heterocycles. The highest BCUT2D eigenvalue weighted by Gasteiger charge is 2.42.